The van der Waals surface area contributed by atoms with E-state index in [2.05, 4.69) is 15.9 Å². The van der Waals surface area contributed by atoms with Gasteiger partial charge in [-0.1, -0.05) is 22.9 Å². The predicted octanol–water partition coefficient (Wildman–Crippen LogP) is 1.17. The molecule has 0 saturated carbocycles. The fourth-order valence-corrected chi connectivity index (χ4v) is 3.32. The first kappa shape index (κ1) is 12.4. The van der Waals surface area contributed by atoms with Gasteiger partial charge in [0.15, 0.2) is 0 Å². The second-order valence-corrected chi connectivity index (χ2v) is 6.58. The average molecular weight is 286 g/mol. The van der Waals surface area contributed by atoms with Crippen molar-refractivity contribution in [2.75, 3.05) is 24.4 Å². The molecule has 0 aliphatic carbocycles. The molecule has 0 aromatic heterocycles. The summed E-state index contributed by atoms with van der Waals surface area (Å²) < 4.78 is 29.9. The Morgan fingerprint density at radius 2 is 2.29 bits per heavy atom. The maximum absolute atomic E-state index is 11.5. The Morgan fingerprint density at radius 3 is 2.71 bits per heavy atom. The molecule has 1 atom stereocenters. The monoisotopic (exact) mass is 285 g/mol. The van der Waals surface area contributed by atoms with Crippen molar-refractivity contribution in [1.82, 2.24) is 4.31 Å². The topological polar surface area (TPSA) is 46.6 Å². The molecule has 6 heteroatoms. The van der Waals surface area contributed by atoms with Crippen LogP contribution in [0.4, 0.5) is 0 Å². The van der Waals surface area contributed by atoms with Crippen LogP contribution < -0.4 is 0 Å². The Labute approximate surface area is 93.8 Å². The highest BCUT2D eigenvalue weighted by atomic mass is 79.9. The van der Waals surface area contributed by atoms with E-state index in [0.29, 0.717) is 13.1 Å². The number of sulfonamides is 1. The van der Waals surface area contributed by atoms with Gasteiger partial charge in [-0.05, 0) is 12.8 Å². The first-order valence-electron chi connectivity index (χ1n) is 4.75. The lowest BCUT2D eigenvalue weighted by atomic mass is 10.2. The highest BCUT2D eigenvalue weighted by Gasteiger charge is 2.25. The van der Waals surface area contributed by atoms with E-state index < -0.39 is 10.0 Å². The van der Waals surface area contributed by atoms with Crippen molar-refractivity contribution in [2.24, 2.45) is 0 Å². The highest BCUT2D eigenvalue weighted by molar-refractivity contribution is 9.10. The van der Waals surface area contributed by atoms with Gasteiger partial charge in [0, 0.05) is 19.7 Å². The summed E-state index contributed by atoms with van der Waals surface area (Å²) in [6, 6.07) is 0. The van der Waals surface area contributed by atoms with Crippen molar-refractivity contribution in [3.63, 3.8) is 0 Å². The smallest absolute Gasteiger partial charge is 0.224 e. The minimum atomic E-state index is -3.13. The molecule has 1 rings (SSSR count). The molecule has 0 amide bonds. The quantitative estimate of drug-likeness (QED) is 0.713. The zero-order chi connectivity index (χ0) is 10.6. The fourth-order valence-electron chi connectivity index (χ4n) is 1.52. The molecule has 1 saturated heterocycles. The van der Waals surface area contributed by atoms with E-state index in [1.54, 1.807) is 0 Å². The number of alkyl halides is 1. The fraction of sp³-hybridized carbons (Fsp3) is 1.00. The molecule has 0 radical (unpaired) electrons. The molecular formula is C8H16BrNO3S. The van der Waals surface area contributed by atoms with Crippen LogP contribution in [0.1, 0.15) is 19.8 Å². The Kier molecular flexibility index (Phi) is 4.82. The van der Waals surface area contributed by atoms with E-state index in [4.69, 9.17) is 4.74 Å². The normalized spacial score (nSPS) is 23.2. The lowest BCUT2D eigenvalue weighted by Crippen LogP contribution is -2.37. The van der Waals surface area contributed by atoms with E-state index in [-0.39, 0.29) is 10.8 Å². The summed E-state index contributed by atoms with van der Waals surface area (Å²) in [5, 5.41) is 0. The summed E-state index contributed by atoms with van der Waals surface area (Å²) in [6.45, 7) is 3.60. The van der Waals surface area contributed by atoms with Crippen molar-refractivity contribution in [1.29, 1.82) is 0 Å². The number of halogens is 1. The van der Waals surface area contributed by atoms with Gasteiger partial charge < -0.3 is 4.74 Å². The Hall–Kier alpha value is 0.350. The molecule has 0 N–H and O–H groups in total. The largest absolute Gasteiger partial charge is 0.377 e. The molecular weight excluding hydrogens is 270 g/mol. The number of rotatable bonds is 5. The van der Waals surface area contributed by atoms with Gasteiger partial charge in [0.25, 0.3) is 0 Å². The zero-order valence-electron chi connectivity index (χ0n) is 8.28. The molecule has 0 spiro atoms. The molecule has 0 aromatic rings. The Morgan fingerprint density at radius 1 is 1.57 bits per heavy atom. The minimum absolute atomic E-state index is 0.0133. The lowest BCUT2D eigenvalue weighted by Gasteiger charge is -2.22. The van der Waals surface area contributed by atoms with Crippen LogP contribution in [0.25, 0.3) is 0 Å². The second-order valence-electron chi connectivity index (χ2n) is 3.31. The summed E-state index contributed by atoms with van der Waals surface area (Å²) >= 11 is 2.99. The molecule has 14 heavy (non-hydrogen) atoms. The van der Waals surface area contributed by atoms with E-state index >= 15 is 0 Å². The third kappa shape index (κ3) is 3.18. The summed E-state index contributed by atoms with van der Waals surface area (Å²) in [6.07, 6.45) is 2.09. The van der Waals surface area contributed by atoms with Crippen molar-refractivity contribution >= 4 is 26.0 Å². The van der Waals surface area contributed by atoms with Gasteiger partial charge in [0.05, 0.1) is 6.10 Å². The van der Waals surface area contributed by atoms with E-state index in [0.717, 1.165) is 19.4 Å². The Bertz CT molecular complexity index is 262. The van der Waals surface area contributed by atoms with Crippen LogP contribution in [0, 0.1) is 0 Å². The average Bonchev–Trinajstić information content (AvgIpc) is 2.66. The third-order valence-corrected chi connectivity index (χ3v) is 5.52. The van der Waals surface area contributed by atoms with Crippen molar-refractivity contribution < 1.29 is 13.2 Å². The van der Waals surface area contributed by atoms with Crippen LogP contribution in [0.15, 0.2) is 0 Å². The molecule has 1 heterocycles. The van der Waals surface area contributed by atoms with Crippen LogP contribution >= 0.6 is 15.9 Å². The zero-order valence-corrected chi connectivity index (χ0v) is 10.7. The van der Waals surface area contributed by atoms with Crippen LogP contribution in [-0.4, -0.2) is 43.2 Å². The molecule has 4 nitrogen and oxygen atoms in total. The standard InChI is InChI=1S/C8H16BrNO3S/c1-2-10(14(11,12)7-9)6-8-4-3-5-13-8/h8H,2-7H2,1H3. The maximum atomic E-state index is 11.5. The van der Waals surface area contributed by atoms with Gasteiger partial charge >= 0.3 is 0 Å². The van der Waals surface area contributed by atoms with Crippen LogP contribution in [0.3, 0.4) is 0 Å². The van der Waals surface area contributed by atoms with Gasteiger partial charge in [-0.3, -0.25) is 0 Å². The SMILES string of the molecule is CCN(CC1CCCO1)S(=O)(=O)CBr. The predicted molar refractivity (Wildman–Crippen MR) is 58.9 cm³/mol. The van der Waals surface area contributed by atoms with Crippen LogP contribution in [-0.2, 0) is 14.8 Å². The third-order valence-electron chi connectivity index (χ3n) is 2.32. The van der Waals surface area contributed by atoms with Gasteiger partial charge in [0.1, 0.15) is 4.66 Å². The van der Waals surface area contributed by atoms with Gasteiger partial charge in [-0.25, -0.2) is 8.42 Å². The van der Waals surface area contributed by atoms with Crippen LogP contribution in [0.2, 0.25) is 0 Å². The number of nitrogens with zero attached hydrogens (tertiary/aromatic N) is 1. The summed E-state index contributed by atoms with van der Waals surface area (Å²) in [5.41, 5.74) is 0. The van der Waals surface area contributed by atoms with Crippen molar-refractivity contribution in [3.8, 4) is 0 Å². The van der Waals surface area contributed by atoms with Gasteiger partial charge in [-0.15, -0.1) is 0 Å². The molecule has 84 valence electrons. The molecule has 1 aliphatic heterocycles. The summed E-state index contributed by atoms with van der Waals surface area (Å²) in [5.74, 6) is 0. The number of likely N-dealkylation sites (N-methyl/N-ethyl adjacent to an activating group) is 1. The minimum Gasteiger partial charge on any atom is -0.377 e. The molecule has 1 fully saturated rings. The number of ether oxygens (including phenoxy) is 1. The van der Waals surface area contributed by atoms with E-state index in [1.807, 2.05) is 6.92 Å². The first-order valence-corrected chi connectivity index (χ1v) is 7.48. The van der Waals surface area contributed by atoms with Gasteiger partial charge in [-0.2, -0.15) is 4.31 Å². The molecule has 0 aromatic carbocycles. The van der Waals surface area contributed by atoms with E-state index in [9.17, 15) is 8.42 Å². The summed E-state index contributed by atoms with van der Waals surface area (Å²) in [4.78, 5) is 0. The van der Waals surface area contributed by atoms with Crippen LogP contribution in [0.5, 0.6) is 0 Å². The summed E-state index contributed by atoms with van der Waals surface area (Å²) in [7, 11) is -3.13. The van der Waals surface area contributed by atoms with Crippen molar-refractivity contribution in [2.45, 2.75) is 25.9 Å². The molecule has 1 unspecified atom stereocenters. The molecule has 0 bridgehead atoms. The lowest BCUT2D eigenvalue weighted by molar-refractivity contribution is 0.0948. The first-order chi connectivity index (χ1) is 6.60. The number of hydrogen-bond donors (Lipinski definition) is 0. The molecule has 1 aliphatic rings. The number of hydrogen-bond acceptors (Lipinski definition) is 3. The second kappa shape index (κ2) is 5.44. The Balaban J connectivity index is 2.54. The van der Waals surface area contributed by atoms with Gasteiger partial charge in [0.2, 0.25) is 10.0 Å². The van der Waals surface area contributed by atoms with E-state index in [1.165, 1.54) is 4.31 Å². The maximum Gasteiger partial charge on any atom is 0.224 e. The van der Waals surface area contributed by atoms with Crippen molar-refractivity contribution in [3.05, 3.63) is 0 Å². The highest BCUT2D eigenvalue weighted by Crippen LogP contribution is 2.15.